The number of rotatable bonds is 4. The van der Waals surface area contributed by atoms with Crippen molar-refractivity contribution >= 4 is 16.8 Å². The Morgan fingerprint density at radius 1 is 1.18 bits per heavy atom. The molecule has 0 saturated carbocycles. The number of nitrogens with one attached hydrogen (secondary N) is 1. The zero-order valence-corrected chi connectivity index (χ0v) is 16.4. The number of fused-ring (bicyclic) bond motifs is 1. The van der Waals surface area contributed by atoms with Crippen molar-refractivity contribution in [1.29, 1.82) is 0 Å². The largest absolute Gasteiger partial charge is 0.361 e. The number of aromatic amines is 1. The van der Waals surface area contributed by atoms with E-state index < -0.39 is 0 Å². The molecule has 4 rings (SSSR count). The Hall–Kier alpha value is -2.66. The van der Waals surface area contributed by atoms with Crippen molar-refractivity contribution in [3.8, 4) is 0 Å². The van der Waals surface area contributed by atoms with Crippen molar-refractivity contribution in [3.63, 3.8) is 0 Å². The SMILES string of the molecule is CC(C)[C@H]1CN(Cc2ccccc2F)CCN1C(=O)c1ccc2cc[nH]c2c1. The minimum absolute atomic E-state index is 0.0701. The number of piperazine rings is 1. The van der Waals surface area contributed by atoms with Gasteiger partial charge in [0.1, 0.15) is 5.82 Å². The summed E-state index contributed by atoms with van der Waals surface area (Å²) in [4.78, 5) is 20.7. The van der Waals surface area contributed by atoms with Gasteiger partial charge < -0.3 is 9.88 Å². The number of halogens is 1. The summed E-state index contributed by atoms with van der Waals surface area (Å²) in [6.45, 7) is 7.01. The highest BCUT2D eigenvalue weighted by Crippen LogP contribution is 2.23. The average molecular weight is 379 g/mol. The van der Waals surface area contributed by atoms with Crippen LogP contribution in [0.15, 0.2) is 54.7 Å². The van der Waals surface area contributed by atoms with E-state index in [0.717, 1.165) is 24.0 Å². The number of nitrogens with zero attached hydrogens (tertiary/aromatic N) is 2. The van der Waals surface area contributed by atoms with Crippen LogP contribution in [0.4, 0.5) is 4.39 Å². The second-order valence-corrected chi connectivity index (χ2v) is 7.92. The van der Waals surface area contributed by atoms with Gasteiger partial charge in [0, 0.05) is 55.1 Å². The first kappa shape index (κ1) is 18.7. The highest BCUT2D eigenvalue weighted by molar-refractivity contribution is 5.98. The molecule has 2 heterocycles. The van der Waals surface area contributed by atoms with E-state index in [4.69, 9.17) is 0 Å². The molecule has 1 aromatic heterocycles. The third-order valence-electron chi connectivity index (χ3n) is 5.69. The van der Waals surface area contributed by atoms with E-state index in [9.17, 15) is 9.18 Å². The van der Waals surface area contributed by atoms with E-state index in [1.54, 1.807) is 6.07 Å². The Kier molecular flexibility index (Phi) is 5.18. The third kappa shape index (κ3) is 3.67. The van der Waals surface area contributed by atoms with Crippen LogP contribution in [-0.4, -0.2) is 46.4 Å². The predicted molar refractivity (Wildman–Crippen MR) is 110 cm³/mol. The van der Waals surface area contributed by atoms with Crippen LogP contribution in [0.1, 0.15) is 29.8 Å². The molecule has 1 aliphatic heterocycles. The number of carbonyl (C=O) groups is 1. The molecule has 1 amide bonds. The second-order valence-electron chi connectivity index (χ2n) is 7.92. The molecule has 0 bridgehead atoms. The molecule has 1 atom stereocenters. The van der Waals surface area contributed by atoms with E-state index >= 15 is 0 Å². The predicted octanol–water partition coefficient (Wildman–Crippen LogP) is 4.29. The van der Waals surface area contributed by atoms with Gasteiger partial charge in [-0.15, -0.1) is 0 Å². The van der Waals surface area contributed by atoms with Gasteiger partial charge in [-0.1, -0.05) is 38.1 Å². The number of H-pyrrole nitrogens is 1. The molecule has 1 saturated heterocycles. The third-order valence-corrected chi connectivity index (χ3v) is 5.69. The molecule has 4 nitrogen and oxygen atoms in total. The summed E-state index contributed by atoms with van der Waals surface area (Å²) in [6, 6.07) is 14.9. The van der Waals surface area contributed by atoms with Crippen LogP contribution < -0.4 is 0 Å². The average Bonchev–Trinajstić information content (AvgIpc) is 3.17. The molecule has 0 radical (unpaired) electrons. The van der Waals surface area contributed by atoms with Gasteiger partial charge in [-0.05, 0) is 35.6 Å². The number of amides is 1. The summed E-state index contributed by atoms with van der Waals surface area (Å²) >= 11 is 0. The highest BCUT2D eigenvalue weighted by Gasteiger charge is 2.33. The molecule has 1 aliphatic rings. The van der Waals surface area contributed by atoms with Crippen molar-refractivity contribution in [2.45, 2.75) is 26.4 Å². The fourth-order valence-corrected chi connectivity index (χ4v) is 4.05. The molecule has 0 aliphatic carbocycles. The molecule has 5 heteroatoms. The molecule has 0 unspecified atom stereocenters. The Labute approximate surface area is 165 Å². The van der Waals surface area contributed by atoms with Gasteiger partial charge in [-0.25, -0.2) is 4.39 Å². The van der Waals surface area contributed by atoms with Gasteiger partial charge in [0.15, 0.2) is 0 Å². The molecule has 1 N–H and O–H groups in total. The van der Waals surface area contributed by atoms with Crippen LogP contribution in [0.25, 0.3) is 10.9 Å². The van der Waals surface area contributed by atoms with Crippen LogP contribution >= 0.6 is 0 Å². The molecule has 2 aromatic carbocycles. The normalized spacial score (nSPS) is 18.1. The highest BCUT2D eigenvalue weighted by atomic mass is 19.1. The Morgan fingerprint density at radius 2 is 2.00 bits per heavy atom. The maximum atomic E-state index is 14.0. The second kappa shape index (κ2) is 7.76. The van der Waals surface area contributed by atoms with E-state index in [0.29, 0.717) is 30.1 Å². The van der Waals surface area contributed by atoms with E-state index in [2.05, 4.69) is 23.7 Å². The van der Waals surface area contributed by atoms with Crippen LogP contribution in [0.2, 0.25) is 0 Å². The summed E-state index contributed by atoms with van der Waals surface area (Å²) in [5.41, 5.74) is 2.40. The maximum Gasteiger partial charge on any atom is 0.254 e. The number of hydrogen-bond acceptors (Lipinski definition) is 2. The molecule has 28 heavy (non-hydrogen) atoms. The fraction of sp³-hybridized carbons (Fsp3) is 0.348. The summed E-state index contributed by atoms with van der Waals surface area (Å²) < 4.78 is 14.0. The van der Waals surface area contributed by atoms with Crippen LogP contribution in [0, 0.1) is 11.7 Å². The minimum atomic E-state index is -0.165. The zero-order valence-electron chi connectivity index (χ0n) is 16.4. The molecule has 146 valence electrons. The molecular weight excluding hydrogens is 353 g/mol. The van der Waals surface area contributed by atoms with Gasteiger partial charge in [0.2, 0.25) is 0 Å². The van der Waals surface area contributed by atoms with Gasteiger partial charge in [-0.3, -0.25) is 9.69 Å². The fourth-order valence-electron chi connectivity index (χ4n) is 4.05. The van der Waals surface area contributed by atoms with Crippen molar-refractivity contribution in [2.75, 3.05) is 19.6 Å². The topological polar surface area (TPSA) is 39.3 Å². The van der Waals surface area contributed by atoms with E-state index in [1.807, 2.05) is 47.5 Å². The van der Waals surface area contributed by atoms with Gasteiger partial charge in [0.25, 0.3) is 5.91 Å². The lowest BCUT2D eigenvalue weighted by molar-refractivity contribution is 0.0326. The quantitative estimate of drug-likeness (QED) is 0.735. The van der Waals surface area contributed by atoms with Crippen molar-refractivity contribution < 1.29 is 9.18 Å². The number of aromatic nitrogens is 1. The first-order chi connectivity index (χ1) is 13.5. The lowest BCUT2D eigenvalue weighted by Gasteiger charge is -2.43. The minimum Gasteiger partial charge on any atom is -0.361 e. The van der Waals surface area contributed by atoms with Gasteiger partial charge in [-0.2, -0.15) is 0 Å². The van der Waals surface area contributed by atoms with Crippen LogP contribution in [0.5, 0.6) is 0 Å². The lowest BCUT2D eigenvalue weighted by Crippen LogP contribution is -2.56. The Morgan fingerprint density at radius 3 is 2.79 bits per heavy atom. The molecular formula is C23H26FN3O. The molecule has 1 fully saturated rings. The summed E-state index contributed by atoms with van der Waals surface area (Å²) in [5.74, 6) is 0.226. The Balaban J connectivity index is 1.51. The summed E-state index contributed by atoms with van der Waals surface area (Å²) in [6.07, 6.45) is 1.89. The van der Waals surface area contributed by atoms with Crippen molar-refractivity contribution in [3.05, 3.63) is 71.7 Å². The molecule has 3 aromatic rings. The van der Waals surface area contributed by atoms with Crippen LogP contribution in [0.3, 0.4) is 0 Å². The number of hydrogen-bond donors (Lipinski definition) is 1. The smallest absolute Gasteiger partial charge is 0.254 e. The van der Waals surface area contributed by atoms with E-state index in [-0.39, 0.29) is 17.8 Å². The number of benzene rings is 2. The first-order valence-electron chi connectivity index (χ1n) is 9.87. The Bertz CT molecular complexity index is 981. The van der Waals surface area contributed by atoms with Gasteiger partial charge in [0.05, 0.1) is 0 Å². The zero-order chi connectivity index (χ0) is 19.7. The monoisotopic (exact) mass is 379 g/mol. The van der Waals surface area contributed by atoms with Crippen molar-refractivity contribution in [2.24, 2.45) is 5.92 Å². The standard InChI is InChI=1S/C23H26FN3O/c1-16(2)22-15-26(14-19-5-3-4-6-20(19)24)11-12-27(22)23(28)18-8-7-17-9-10-25-21(17)13-18/h3-10,13,16,22,25H,11-12,14-15H2,1-2H3/t22-/m1/s1. The molecule has 0 spiro atoms. The first-order valence-corrected chi connectivity index (χ1v) is 9.87. The number of carbonyl (C=O) groups excluding carboxylic acids is 1. The maximum absolute atomic E-state index is 14.0. The summed E-state index contributed by atoms with van der Waals surface area (Å²) in [5, 5.41) is 1.10. The summed E-state index contributed by atoms with van der Waals surface area (Å²) in [7, 11) is 0. The van der Waals surface area contributed by atoms with Crippen LogP contribution in [-0.2, 0) is 6.54 Å². The van der Waals surface area contributed by atoms with Gasteiger partial charge >= 0.3 is 0 Å². The van der Waals surface area contributed by atoms with Crippen molar-refractivity contribution in [1.82, 2.24) is 14.8 Å². The lowest BCUT2D eigenvalue weighted by atomic mass is 9.97. The van der Waals surface area contributed by atoms with E-state index in [1.165, 1.54) is 6.07 Å².